The number of likely N-dealkylation sites (tertiary alicyclic amines) is 1. The Hall–Kier alpha value is -2.58. The van der Waals surface area contributed by atoms with Gasteiger partial charge in [0.1, 0.15) is 6.04 Å². The number of fused-ring (bicyclic) bond motifs is 1. The van der Waals surface area contributed by atoms with Gasteiger partial charge in [-0.3, -0.25) is 14.4 Å². The zero-order chi connectivity index (χ0) is 28.9. The number of carbonyl (C=O) groups excluding carboxylic acids is 3. The molecule has 3 saturated heterocycles. The van der Waals surface area contributed by atoms with Gasteiger partial charge in [0.05, 0.1) is 35.8 Å². The average molecular weight is 569 g/mol. The summed E-state index contributed by atoms with van der Waals surface area (Å²) in [6.45, 7) is 12.7. The molecule has 2 amide bonds. The van der Waals surface area contributed by atoms with Crippen molar-refractivity contribution in [3.63, 3.8) is 0 Å². The molecule has 3 fully saturated rings. The lowest BCUT2D eigenvalue weighted by Gasteiger charge is -2.39. The highest BCUT2D eigenvalue weighted by Gasteiger charge is 2.78. The van der Waals surface area contributed by atoms with Gasteiger partial charge in [0.15, 0.2) is 0 Å². The highest BCUT2D eigenvalue weighted by atomic mass is 32.2. The minimum atomic E-state index is -0.773. The predicted octanol–water partition coefficient (Wildman–Crippen LogP) is 4.40. The molecule has 0 aliphatic carbocycles. The molecule has 1 N–H and O–H groups in total. The lowest BCUT2D eigenvalue weighted by Crippen LogP contribution is -2.58. The summed E-state index contributed by atoms with van der Waals surface area (Å²) in [6.07, 6.45) is 8.67. The number of ether oxygens (including phenoxy) is 1. The van der Waals surface area contributed by atoms with Crippen molar-refractivity contribution in [2.45, 2.75) is 80.4 Å². The first-order chi connectivity index (χ1) is 19.3. The van der Waals surface area contributed by atoms with E-state index < -0.39 is 33.4 Å². The van der Waals surface area contributed by atoms with E-state index in [0.717, 1.165) is 31.2 Å². The van der Waals surface area contributed by atoms with Gasteiger partial charge >= 0.3 is 5.97 Å². The summed E-state index contributed by atoms with van der Waals surface area (Å²) in [4.78, 5) is 46.0. The number of nitrogens with zero attached hydrogens (tertiary/aromatic N) is 2. The molecular formula is C32H44N2O5S. The minimum Gasteiger partial charge on any atom is -0.465 e. The number of rotatable bonds is 15. The molecule has 1 aromatic rings. The van der Waals surface area contributed by atoms with Gasteiger partial charge in [-0.1, -0.05) is 62.2 Å². The van der Waals surface area contributed by atoms with Crippen LogP contribution in [-0.4, -0.2) is 80.6 Å². The van der Waals surface area contributed by atoms with Gasteiger partial charge in [0.25, 0.3) is 0 Å². The van der Waals surface area contributed by atoms with E-state index in [4.69, 9.17) is 4.74 Å². The molecule has 2 unspecified atom stereocenters. The molecule has 0 saturated carbocycles. The first kappa shape index (κ1) is 30.4. The molecule has 6 atom stereocenters. The van der Waals surface area contributed by atoms with Crippen LogP contribution in [0.4, 0.5) is 0 Å². The van der Waals surface area contributed by atoms with Crippen LogP contribution in [0, 0.1) is 11.8 Å². The lowest BCUT2D eigenvalue weighted by atomic mass is 9.66. The standard InChI is InChI=1S/C32H44N2O5S/c1-5-8-13-19-33(18-7-3)29(37)27-32-17-16-31(4,40-32)26(30(38)39-20-9-6-2)25(32)28(36)34(27)24(22-35)21-23-14-11-10-12-15-23/h6-7,10-12,14-15,24-27,35H,2-3,5,8-9,13,16-22H2,1,4H3/t24-,25+,26+,27?,31-,32?/m1/s1. The monoisotopic (exact) mass is 568 g/mol. The number of aliphatic hydroxyl groups excluding tert-OH is 1. The Morgan fingerprint density at radius 1 is 1.23 bits per heavy atom. The quantitative estimate of drug-likeness (QED) is 0.192. The van der Waals surface area contributed by atoms with Gasteiger partial charge in [-0.05, 0) is 44.6 Å². The predicted molar refractivity (Wildman–Crippen MR) is 159 cm³/mol. The van der Waals surface area contributed by atoms with E-state index in [1.807, 2.05) is 42.2 Å². The number of hydrogen-bond donors (Lipinski definition) is 1. The number of benzene rings is 1. The maximum absolute atomic E-state index is 14.5. The fraction of sp³-hybridized carbons (Fsp3) is 0.594. The smallest absolute Gasteiger partial charge is 0.311 e. The Morgan fingerprint density at radius 3 is 2.62 bits per heavy atom. The van der Waals surface area contributed by atoms with Crippen molar-refractivity contribution in [1.82, 2.24) is 9.80 Å². The van der Waals surface area contributed by atoms with Crippen molar-refractivity contribution in [3.05, 3.63) is 61.2 Å². The van der Waals surface area contributed by atoms with Crippen molar-refractivity contribution in [1.29, 1.82) is 0 Å². The summed E-state index contributed by atoms with van der Waals surface area (Å²) in [5, 5.41) is 10.6. The number of amides is 2. The number of esters is 1. The molecule has 3 aliphatic heterocycles. The summed E-state index contributed by atoms with van der Waals surface area (Å²) < 4.78 is 4.41. The van der Waals surface area contributed by atoms with E-state index in [1.165, 1.54) is 0 Å². The maximum atomic E-state index is 14.5. The number of hydrogen-bond acceptors (Lipinski definition) is 6. The highest BCUT2D eigenvalue weighted by molar-refractivity contribution is 8.02. The topological polar surface area (TPSA) is 87.1 Å². The molecule has 0 aromatic heterocycles. The summed E-state index contributed by atoms with van der Waals surface area (Å²) in [5.41, 5.74) is 0.977. The van der Waals surface area contributed by atoms with E-state index >= 15 is 0 Å². The van der Waals surface area contributed by atoms with Crippen LogP contribution in [-0.2, 0) is 25.5 Å². The van der Waals surface area contributed by atoms with E-state index in [0.29, 0.717) is 32.4 Å². The molecule has 3 heterocycles. The first-order valence-corrected chi connectivity index (χ1v) is 15.4. The van der Waals surface area contributed by atoms with E-state index in [9.17, 15) is 19.5 Å². The van der Waals surface area contributed by atoms with E-state index in [1.54, 1.807) is 28.8 Å². The molecule has 218 valence electrons. The molecule has 2 bridgehead atoms. The Bertz CT molecular complexity index is 1100. The van der Waals surface area contributed by atoms with Crippen LogP contribution in [0.1, 0.15) is 57.9 Å². The van der Waals surface area contributed by atoms with Gasteiger partial charge in [-0.15, -0.1) is 24.9 Å². The normalized spacial score (nSPS) is 29.2. The SMILES string of the molecule is C=CCCOC(=O)[C@@H]1[C@H]2C(=O)N([C@@H](CO)Cc3ccccc3)C(C(=O)N(CC=C)CCCCC)C23CC[C@@]1(C)S3. The minimum absolute atomic E-state index is 0.115. The Morgan fingerprint density at radius 2 is 1.98 bits per heavy atom. The number of aliphatic hydroxyl groups is 1. The van der Waals surface area contributed by atoms with Crippen LogP contribution in [0.15, 0.2) is 55.6 Å². The van der Waals surface area contributed by atoms with Gasteiger partial charge in [0.2, 0.25) is 11.8 Å². The van der Waals surface area contributed by atoms with Crippen LogP contribution in [0.2, 0.25) is 0 Å². The third-order valence-corrected chi connectivity index (χ3v) is 10.9. The van der Waals surface area contributed by atoms with Crippen LogP contribution in [0.5, 0.6) is 0 Å². The van der Waals surface area contributed by atoms with Crippen molar-refractivity contribution in [2.24, 2.45) is 11.8 Å². The Kier molecular flexibility index (Phi) is 9.83. The Balaban J connectivity index is 1.76. The second-order valence-electron chi connectivity index (χ2n) is 11.5. The third kappa shape index (κ3) is 5.49. The van der Waals surface area contributed by atoms with Crippen molar-refractivity contribution >= 4 is 29.5 Å². The molecule has 8 heteroatoms. The summed E-state index contributed by atoms with van der Waals surface area (Å²) >= 11 is 1.63. The molecular weight excluding hydrogens is 524 g/mol. The molecule has 3 aliphatic rings. The lowest BCUT2D eigenvalue weighted by molar-refractivity contribution is -0.156. The summed E-state index contributed by atoms with van der Waals surface area (Å²) in [7, 11) is 0. The average Bonchev–Trinajstić information content (AvgIpc) is 3.52. The van der Waals surface area contributed by atoms with Gasteiger partial charge in [-0.25, -0.2) is 0 Å². The van der Waals surface area contributed by atoms with Crippen LogP contribution in [0.3, 0.4) is 0 Å². The molecule has 1 spiro atoms. The van der Waals surface area contributed by atoms with Crippen molar-refractivity contribution in [3.8, 4) is 0 Å². The maximum Gasteiger partial charge on any atom is 0.311 e. The van der Waals surface area contributed by atoms with E-state index in [-0.39, 0.29) is 31.0 Å². The number of carbonyl (C=O) groups is 3. The molecule has 7 nitrogen and oxygen atoms in total. The third-order valence-electron chi connectivity index (χ3n) is 8.88. The van der Waals surface area contributed by atoms with Gasteiger partial charge in [-0.2, -0.15) is 0 Å². The summed E-state index contributed by atoms with van der Waals surface area (Å²) in [6, 6.07) is 8.36. The van der Waals surface area contributed by atoms with E-state index in [2.05, 4.69) is 20.1 Å². The Labute approximate surface area is 243 Å². The number of thioether (sulfide) groups is 1. The van der Waals surface area contributed by atoms with Gasteiger partial charge < -0.3 is 19.6 Å². The molecule has 4 rings (SSSR count). The molecule has 40 heavy (non-hydrogen) atoms. The fourth-order valence-electron chi connectivity index (χ4n) is 7.04. The van der Waals surface area contributed by atoms with Crippen molar-refractivity contribution in [2.75, 3.05) is 26.3 Å². The fourth-order valence-corrected chi connectivity index (χ4v) is 9.36. The first-order valence-electron chi connectivity index (χ1n) is 14.6. The second-order valence-corrected chi connectivity index (χ2v) is 13.4. The van der Waals surface area contributed by atoms with Gasteiger partial charge in [0, 0.05) is 17.8 Å². The number of unbranched alkanes of at least 4 members (excludes halogenated alkanes) is 2. The van der Waals surface area contributed by atoms with Crippen LogP contribution < -0.4 is 0 Å². The molecule has 0 radical (unpaired) electrons. The van der Waals surface area contributed by atoms with Crippen molar-refractivity contribution < 1.29 is 24.2 Å². The largest absolute Gasteiger partial charge is 0.465 e. The summed E-state index contributed by atoms with van der Waals surface area (Å²) in [5.74, 6) is -2.03. The molecule has 1 aromatic carbocycles. The second kappa shape index (κ2) is 12.9. The highest BCUT2D eigenvalue weighted by Crippen LogP contribution is 2.71. The zero-order valence-corrected chi connectivity index (χ0v) is 24.7. The van der Waals surface area contributed by atoms with Crippen LogP contribution >= 0.6 is 11.8 Å². The van der Waals surface area contributed by atoms with Crippen LogP contribution in [0.25, 0.3) is 0 Å². The zero-order valence-electron chi connectivity index (χ0n) is 23.9.